The van der Waals surface area contributed by atoms with Gasteiger partial charge in [-0.25, -0.2) is 0 Å². The predicted molar refractivity (Wildman–Crippen MR) is 60.3 cm³/mol. The van der Waals surface area contributed by atoms with Crippen LogP contribution in [0.3, 0.4) is 0 Å². The van der Waals surface area contributed by atoms with E-state index in [1.54, 1.807) is 0 Å². The summed E-state index contributed by atoms with van der Waals surface area (Å²) in [4.78, 5) is 22.5. The van der Waals surface area contributed by atoms with Gasteiger partial charge in [-0.2, -0.15) is 0 Å². The lowest BCUT2D eigenvalue weighted by molar-refractivity contribution is -0.126. The highest BCUT2D eigenvalue weighted by Crippen LogP contribution is 1.98. The Labute approximate surface area is 91.8 Å². The van der Waals surface area contributed by atoms with Gasteiger partial charge in [-0.05, 0) is 6.42 Å². The molecular weight excluding hydrogens is 192 g/mol. The van der Waals surface area contributed by atoms with Crippen LogP contribution in [0.15, 0.2) is 0 Å². The lowest BCUT2D eigenvalue weighted by Gasteiger charge is -2.11. The fourth-order valence-corrected chi connectivity index (χ4v) is 0.935. The van der Waals surface area contributed by atoms with E-state index in [1.165, 1.54) is 0 Å². The predicted octanol–water partition coefficient (Wildman–Crippen LogP) is 0.921. The quantitative estimate of drug-likeness (QED) is 0.646. The maximum absolute atomic E-state index is 11.3. The molecule has 0 aliphatic heterocycles. The van der Waals surface area contributed by atoms with Crippen LogP contribution >= 0.6 is 0 Å². The fraction of sp³-hybridized carbons (Fsp3) is 0.818. The van der Waals surface area contributed by atoms with Gasteiger partial charge in [0.2, 0.25) is 11.8 Å². The third kappa shape index (κ3) is 6.10. The van der Waals surface area contributed by atoms with E-state index in [4.69, 9.17) is 0 Å². The zero-order valence-electron chi connectivity index (χ0n) is 10.1. The normalized spacial score (nSPS) is 12.3. The maximum atomic E-state index is 11.3. The molecule has 0 aromatic heterocycles. The average molecular weight is 214 g/mol. The van der Waals surface area contributed by atoms with Gasteiger partial charge in [-0.3, -0.25) is 9.59 Å². The lowest BCUT2D eigenvalue weighted by atomic mass is 10.1. The Kier molecular flexibility index (Phi) is 6.75. The van der Waals surface area contributed by atoms with Gasteiger partial charge in [0, 0.05) is 24.9 Å². The van der Waals surface area contributed by atoms with E-state index in [2.05, 4.69) is 10.6 Å². The first-order chi connectivity index (χ1) is 6.99. The summed E-state index contributed by atoms with van der Waals surface area (Å²) in [6.45, 7) is 8.55. The Morgan fingerprint density at radius 1 is 1.00 bits per heavy atom. The van der Waals surface area contributed by atoms with Crippen molar-refractivity contribution in [1.29, 1.82) is 0 Å². The molecule has 0 heterocycles. The van der Waals surface area contributed by atoms with Crippen molar-refractivity contribution in [2.24, 2.45) is 11.8 Å². The van der Waals surface area contributed by atoms with Crippen LogP contribution in [0.2, 0.25) is 0 Å². The molecule has 88 valence electrons. The second-order valence-electron chi connectivity index (χ2n) is 4.05. The van der Waals surface area contributed by atoms with Crippen molar-refractivity contribution < 1.29 is 9.59 Å². The highest BCUT2D eigenvalue weighted by atomic mass is 16.2. The van der Waals surface area contributed by atoms with Crippen LogP contribution in [0.5, 0.6) is 0 Å². The first-order valence-corrected chi connectivity index (χ1v) is 5.54. The van der Waals surface area contributed by atoms with Crippen molar-refractivity contribution >= 4 is 11.8 Å². The van der Waals surface area contributed by atoms with Crippen molar-refractivity contribution in [3.05, 3.63) is 0 Å². The Hall–Kier alpha value is -1.06. The van der Waals surface area contributed by atoms with Crippen molar-refractivity contribution in [2.75, 3.05) is 13.1 Å². The van der Waals surface area contributed by atoms with Gasteiger partial charge in [0.05, 0.1) is 0 Å². The molecule has 0 unspecified atom stereocenters. The van der Waals surface area contributed by atoms with E-state index in [0.717, 1.165) is 6.42 Å². The van der Waals surface area contributed by atoms with Crippen molar-refractivity contribution in [3.63, 3.8) is 0 Å². The SMILES string of the molecule is CC[C@H](C)C(=O)NCCNC(=O)C(C)C. The molecule has 0 saturated carbocycles. The summed E-state index contributed by atoms with van der Waals surface area (Å²) in [5, 5.41) is 5.51. The molecule has 2 amide bonds. The highest BCUT2D eigenvalue weighted by molar-refractivity contribution is 5.79. The molecule has 4 heteroatoms. The molecule has 1 atom stereocenters. The smallest absolute Gasteiger partial charge is 0.222 e. The van der Waals surface area contributed by atoms with Gasteiger partial charge in [0.1, 0.15) is 0 Å². The van der Waals surface area contributed by atoms with Gasteiger partial charge in [0.25, 0.3) is 0 Å². The summed E-state index contributed by atoms with van der Waals surface area (Å²) in [6.07, 6.45) is 0.837. The maximum Gasteiger partial charge on any atom is 0.222 e. The minimum absolute atomic E-state index is 0.00438. The summed E-state index contributed by atoms with van der Waals surface area (Å²) in [6, 6.07) is 0. The van der Waals surface area contributed by atoms with Gasteiger partial charge >= 0.3 is 0 Å². The highest BCUT2D eigenvalue weighted by Gasteiger charge is 2.09. The number of carbonyl (C=O) groups excluding carboxylic acids is 2. The second-order valence-corrected chi connectivity index (χ2v) is 4.05. The monoisotopic (exact) mass is 214 g/mol. The van der Waals surface area contributed by atoms with E-state index >= 15 is 0 Å². The van der Waals surface area contributed by atoms with E-state index in [0.29, 0.717) is 13.1 Å². The van der Waals surface area contributed by atoms with Crippen molar-refractivity contribution in [2.45, 2.75) is 34.1 Å². The topological polar surface area (TPSA) is 58.2 Å². The van der Waals surface area contributed by atoms with Crippen molar-refractivity contribution in [1.82, 2.24) is 10.6 Å². The first-order valence-electron chi connectivity index (χ1n) is 5.54. The Morgan fingerprint density at radius 2 is 1.47 bits per heavy atom. The number of rotatable bonds is 6. The molecule has 0 aromatic rings. The molecule has 0 rings (SSSR count). The van der Waals surface area contributed by atoms with Gasteiger partial charge in [0.15, 0.2) is 0 Å². The zero-order chi connectivity index (χ0) is 11.8. The van der Waals surface area contributed by atoms with Crippen LogP contribution < -0.4 is 10.6 Å². The standard InChI is InChI=1S/C11H22N2O2/c1-5-9(4)11(15)13-7-6-12-10(14)8(2)3/h8-9H,5-7H2,1-4H3,(H,12,14)(H,13,15)/t9-/m0/s1. The van der Waals surface area contributed by atoms with Gasteiger partial charge in [-0.15, -0.1) is 0 Å². The minimum atomic E-state index is -0.00438. The Balaban J connectivity index is 3.55. The van der Waals surface area contributed by atoms with Crippen LogP contribution in [0.1, 0.15) is 34.1 Å². The molecule has 0 saturated heterocycles. The van der Waals surface area contributed by atoms with Crippen LogP contribution in [0, 0.1) is 11.8 Å². The summed E-state index contributed by atoms with van der Waals surface area (Å²) in [5.41, 5.74) is 0. The summed E-state index contributed by atoms with van der Waals surface area (Å²) >= 11 is 0. The third-order valence-corrected chi connectivity index (χ3v) is 2.31. The molecule has 0 aromatic carbocycles. The molecule has 0 spiro atoms. The summed E-state index contributed by atoms with van der Waals surface area (Å²) in [7, 11) is 0. The molecular formula is C11H22N2O2. The Bertz CT molecular complexity index is 215. The first kappa shape index (κ1) is 13.9. The van der Waals surface area contributed by atoms with Crippen LogP contribution in [0.25, 0.3) is 0 Å². The molecule has 0 bridgehead atoms. The van der Waals surface area contributed by atoms with E-state index < -0.39 is 0 Å². The molecule has 0 radical (unpaired) electrons. The largest absolute Gasteiger partial charge is 0.354 e. The molecule has 0 aliphatic rings. The number of carbonyl (C=O) groups is 2. The number of hydrogen-bond donors (Lipinski definition) is 2. The summed E-state index contributed by atoms with van der Waals surface area (Å²) in [5.74, 6) is 0.116. The van der Waals surface area contributed by atoms with Crippen LogP contribution in [-0.4, -0.2) is 24.9 Å². The third-order valence-electron chi connectivity index (χ3n) is 2.31. The van der Waals surface area contributed by atoms with Crippen LogP contribution in [0.4, 0.5) is 0 Å². The van der Waals surface area contributed by atoms with E-state index in [1.807, 2.05) is 27.7 Å². The van der Waals surface area contributed by atoms with Gasteiger partial charge in [-0.1, -0.05) is 27.7 Å². The lowest BCUT2D eigenvalue weighted by Crippen LogP contribution is -2.38. The Morgan fingerprint density at radius 3 is 1.87 bits per heavy atom. The number of hydrogen-bond acceptors (Lipinski definition) is 2. The molecule has 2 N–H and O–H groups in total. The molecule has 0 aliphatic carbocycles. The fourth-order valence-electron chi connectivity index (χ4n) is 0.935. The molecule has 4 nitrogen and oxygen atoms in total. The van der Waals surface area contributed by atoms with E-state index in [9.17, 15) is 9.59 Å². The average Bonchev–Trinajstić information content (AvgIpc) is 2.22. The number of amides is 2. The van der Waals surface area contributed by atoms with Crippen LogP contribution in [-0.2, 0) is 9.59 Å². The van der Waals surface area contributed by atoms with Gasteiger partial charge < -0.3 is 10.6 Å². The zero-order valence-corrected chi connectivity index (χ0v) is 10.1. The summed E-state index contributed by atoms with van der Waals surface area (Å²) < 4.78 is 0. The second kappa shape index (κ2) is 7.26. The number of nitrogens with one attached hydrogen (secondary N) is 2. The molecule has 0 fully saturated rings. The van der Waals surface area contributed by atoms with E-state index in [-0.39, 0.29) is 23.7 Å². The van der Waals surface area contributed by atoms with Crippen molar-refractivity contribution in [3.8, 4) is 0 Å². The molecule has 15 heavy (non-hydrogen) atoms. The minimum Gasteiger partial charge on any atom is -0.354 e.